The maximum absolute atomic E-state index is 12.4. The number of nitrogens with zero attached hydrogens (tertiary/aromatic N) is 1. The normalized spacial score (nSPS) is 14.8. The second kappa shape index (κ2) is 9.05. The van der Waals surface area contributed by atoms with Crippen LogP contribution in [0.1, 0.15) is 40.7 Å². The van der Waals surface area contributed by atoms with Gasteiger partial charge >= 0.3 is 0 Å². The van der Waals surface area contributed by atoms with Gasteiger partial charge in [-0.3, -0.25) is 9.59 Å². The zero-order valence-electron chi connectivity index (χ0n) is 15.6. The first-order valence-electron chi connectivity index (χ1n) is 9.41. The summed E-state index contributed by atoms with van der Waals surface area (Å²) in [5, 5.41) is 3.82. The van der Waals surface area contributed by atoms with Crippen molar-refractivity contribution in [2.24, 2.45) is 0 Å². The Balaban J connectivity index is 1.44. The molecule has 2 amide bonds. The van der Waals surface area contributed by atoms with Crippen molar-refractivity contribution in [3.63, 3.8) is 0 Å². The number of carbonyl (C=O) groups is 2. The average Bonchev–Trinajstić information content (AvgIpc) is 2.68. The average molecular weight is 385 g/mol. The number of likely N-dealkylation sites (tertiary alicyclic amines) is 1. The fourth-order valence-corrected chi connectivity index (χ4v) is 3.55. The summed E-state index contributed by atoms with van der Waals surface area (Å²) in [6, 6.07) is 15.3. The highest BCUT2D eigenvalue weighted by Crippen LogP contribution is 2.16. The lowest BCUT2D eigenvalue weighted by molar-refractivity contribution is -0.132. The number of piperidine rings is 1. The van der Waals surface area contributed by atoms with E-state index < -0.39 is 0 Å². The van der Waals surface area contributed by atoms with Gasteiger partial charge in [-0.25, -0.2) is 0 Å². The van der Waals surface area contributed by atoms with Crippen LogP contribution in [0.3, 0.4) is 0 Å². The molecule has 0 aromatic heterocycles. The molecular weight excluding hydrogens is 360 g/mol. The first-order valence-corrected chi connectivity index (χ1v) is 9.79. The summed E-state index contributed by atoms with van der Waals surface area (Å²) in [5.74, 6) is 0.147. The molecule has 4 nitrogen and oxygen atoms in total. The quantitative estimate of drug-likeness (QED) is 0.846. The highest BCUT2D eigenvalue weighted by atomic mass is 35.5. The van der Waals surface area contributed by atoms with Gasteiger partial charge in [0.2, 0.25) is 5.91 Å². The fraction of sp³-hybridized carbons (Fsp3) is 0.364. The molecule has 1 aliphatic heterocycles. The molecule has 0 aliphatic carbocycles. The zero-order chi connectivity index (χ0) is 19.2. The number of rotatable bonds is 5. The van der Waals surface area contributed by atoms with Gasteiger partial charge < -0.3 is 10.2 Å². The second-order valence-electron chi connectivity index (χ2n) is 7.07. The van der Waals surface area contributed by atoms with Gasteiger partial charge in [-0.15, -0.1) is 0 Å². The van der Waals surface area contributed by atoms with E-state index in [1.807, 2.05) is 60.4 Å². The third kappa shape index (κ3) is 5.33. The van der Waals surface area contributed by atoms with E-state index in [0.29, 0.717) is 24.5 Å². The van der Waals surface area contributed by atoms with E-state index in [4.69, 9.17) is 11.6 Å². The van der Waals surface area contributed by atoms with Gasteiger partial charge in [-0.1, -0.05) is 41.9 Å². The number of amides is 2. The molecule has 0 bridgehead atoms. The number of carbonyl (C=O) groups excluding carboxylic acids is 2. The summed E-state index contributed by atoms with van der Waals surface area (Å²) < 4.78 is 0. The van der Waals surface area contributed by atoms with Gasteiger partial charge in [0.25, 0.3) is 5.91 Å². The van der Waals surface area contributed by atoms with E-state index in [1.54, 1.807) is 0 Å². The molecule has 1 fully saturated rings. The minimum absolute atomic E-state index is 0.0272. The van der Waals surface area contributed by atoms with Crippen LogP contribution in [0.25, 0.3) is 0 Å². The number of benzene rings is 2. The fourth-order valence-electron chi connectivity index (χ4n) is 3.42. The van der Waals surface area contributed by atoms with Crippen LogP contribution in [-0.2, 0) is 11.2 Å². The predicted molar refractivity (Wildman–Crippen MR) is 108 cm³/mol. The van der Waals surface area contributed by atoms with Gasteiger partial charge in [0.05, 0.1) is 0 Å². The summed E-state index contributed by atoms with van der Waals surface area (Å²) in [6.45, 7) is 3.33. The number of hydrogen-bond donors (Lipinski definition) is 1. The van der Waals surface area contributed by atoms with Crippen molar-refractivity contribution in [3.8, 4) is 0 Å². The van der Waals surface area contributed by atoms with Crippen LogP contribution in [0.4, 0.5) is 0 Å². The summed E-state index contributed by atoms with van der Waals surface area (Å²) in [7, 11) is 0. The zero-order valence-corrected chi connectivity index (χ0v) is 16.3. The SMILES string of the molecule is Cc1ccccc1C(=O)NC1CCN(C(=O)CCc2ccc(Cl)cc2)CC1. The standard InChI is InChI=1S/C22H25ClN2O2/c1-16-4-2-3-5-20(16)22(27)24-19-12-14-25(15-13-19)21(26)11-8-17-6-9-18(23)10-7-17/h2-7,9-10,19H,8,11-15H2,1H3,(H,24,27). The van der Waals surface area contributed by atoms with Crippen LogP contribution in [0.2, 0.25) is 5.02 Å². The van der Waals surface area contributed by atoms with E-state index in [2.05, 4.69) is 5.32 Å². The third-order valence-corrected chi connectivity index (χ3v) is 5.37. The Labute approximate surface area is 165 Å². The summed E-state index contributed by atoms with van der Waals surface area (Å²) >= 11 is 5.89. The van der Waals surface area contributed by atoms with Crippen LogP contribution < -0.4 is 5.32 Å². The van der Waals surface area contributed by atoms with Gasteiger partial charge in [0, 0.05) is 36.1 Å². The van der Waals surface area contributed by atoms with Crippen molar-refractivity contribution in [3.05, 3.63) is 70.2 Å². The third-order valence-electron chi connectivity index (χ3n) is 5.11. The second-order valence-corrected chi connectivity index (χ2v) is 7.51. The molecule has 27 heavy (non-hydrogen) atoms. The van der Waals surface area contributed by atoms with Crippen molar-refractivity contribution in [1.29, 1.82) is 0 Å². The number of aryl methyl sites for hydroxylation is 2. The van der Waals surface area contributed by atoms with Gasteiger partial charge in [-0.2, -0.15) is 0 Å². The minimum atomic E-state index is -0.0272. The highest BCUT2D eigenvalue weighted by Gasteiger charge is 2.24. The summed E-state index contributed by atoms with van der Waals surface area (Å²) in [5.41, 5.74) is 2.82. The molecule has 0 radical (unpaired) electrons. The van der Waals surface area contributed by atoms with E-state index in [0.717, 1.165) is 36.0 Å². The van der Waals surface area contributed by atoms with Crippen molar-refractivity contribution in [2.45, 2.75) is 38.6 Å². The Bertz CT molecular complexity index is 796. The molecule has 5 heteroatoms. The van der Waals surface area contributed by atoms with E-state index in [1.165, 1.54) is 0 Å². The van der Waals surface area contributed by atoms with E-state index in [9.17, 15) is 9.59 Å². The Morgan fingerprint density at radius 3 is 2.41 bits per heavy atom. The molecular formula is C22H25ClN2O2. The molecule has 0 spiro atoms. The van der Waals surface area contributed by atoms with Crippen LogP contribution in [-0.4, -0.2) is 35.8 Å². The van der Waals surface area contributed by atoms with Crippen molar-refractivity contribution >= 4 is 23.4 Å². The van der Waals surface area contributed by atoms with Crippen molar-refractivity contribution in [1.82, 2.24) is 10.2 Å². The van der Waals surface area contributed by atoms with Crippen molar-refractivity contribution < 1.29 is 9.59 Å². The lowest BCUT2D eigenvalue weighted by Crippen LogP contribution is -2.46. The minimum Gasteiger partial charge on any atom is -0.349 e. The van der Waals surface area contributed by atoms with Crippen LogP contribution in [0, 0.1) is 6.92 Å². The summed E-state index contributed by atoms with van der Waals surface area (Å²) in [6.07, 6.45) is 2.82. The molecule has 2 aromatic rings. The predicted octanol–water partition coefficient (Wildman–Crippen LogP) is 4.00. The number of nitrogens with one attached hydrogen (secondary N) is 1. The Kier molecular flexibility index (Phi) is 6.51. The summed E-state index contributed by atoms with van der Waals surface area (Å²) in [4.78, 5) is 26.8. The molecule has 1 heterocycles. The Morgan fingerprint density at radius 1 is 1.07 bits per heavy atom. The molecule has 0 unspecified atom stereocenters. The lowest BCUT2D eigenvalue weighted by atomic mass is 10.0. The monoisotopic (exact) mass is 384 g/mol. The molecule has 3 rings (SSSR count). The number of hydrogen-bond acceptors (Lipinski definition) is 2. The molecule has 1 aliphatic rings. The molecule has 0 atom stereocenters. The lowest BCUT2D eigenvalue weighted by Gasteiger charge is -2.32. The Morgan fingerprint density at radius 2 is 1.74 bits per heavy atom. The van der Waals surface area contributed by atoms with E-state index in [-0.39, 0.29) is 17.9 Å². The van der Waals surface area contributed by atoms with Crippen LogP contribution >= 0.6 is 11.6 Å². The molecule has 0 saturated carbocycles. The largest absolute Gasteiger partial charge is 0.349 e. The van der Waals surface area contributed by atoms with Gasteiger partial charge in [0.1, 0.15) is 0 Å². The molecule has 1 saturated heterocycles. The molecule has 1 N–H and O–H groups in total. The Hall–Kier alpha value is -2.33. The maximum atomic E-state index is 12.4. The van der Waals surface area contributed by atoms with Crippen LogP contribution in [0.15, 0.2) is 48.5 Å². The van der Waals surface area contributed by atoms with Gasteiger partial charge in [-0.05, 0) is 55.5 Å². The molecule has 2 aromatic carbocycles. The highest BCUT2D eigenvalue weighted by molar-refractivity contribution is 6.30. The molecule has 142 valence electrons. The van der Waals surface area contributed by atoms with Crippen LogP contribution in [0.5, 0.6) is 0 Å². The maximum Gasteiger partial charge on any atom is 0.251 e. The number of halogens is 1. The van der Waals surface area contributed by atoms with Crippen molar-refractivity contribution in [2.75, 3.05) is 13.1 Å². The smallest absolute Gasteiger partial charge is 0.251 e. The first kappa shape index (κ1) is 19.4. The topological polar surface area (TPSA) is 49.4 Å². The first-order chi connectivity index (χ1) is 13.0. The van der Waals surface area contributed by atoms with Gasteiger partial charge in [0.15, 0.2) is 0 Å². The van der Waals surface area contributed by atoms with E-state index >= 15 is 0 Å².